The summed E-state index contributed by atoms with van der Waals surface area (Å²) in [6, 6.07) is 6.41. The molecule has 0 aliphatic rings. The highest BCUT2D eigenvalue weighted by atomic mass is 32.1. The Morgan fingerprint density at radius 3 is 2.85 bits per heavy atom. The number of para-hydroxylation sites is 1. The van der Waals surface area contributed by atoms with Gasteiger partial charge in [-0.1, -0.05) is 12.1 Å². The molecule has 0 aliphatic carbocycles. The molecule has 0 amide bonds. The molecule has 0 spiro atoms. The molecule has 2 N–H and O–H groups in total. The van der Waals surface area contributed by atoms with Gasteiger partial charge >= 0.3 is 0 Å². The van der Waals surface area contributed by atoms with Crippen molar-refractivity contribution in [3.8, 4) is 5.75 Å². The van der Waals surface area contributed by atoms with Crippen LogP contribution in [0.15, 0.2) is 34.6 Å². The SMILES string of the molecule is CCNC(=NCC(C)Oc1ccccc1F)NCCCc1nc(C)cs1. The lowest BCUT2D eigenvalue weighted by Crippen LogP contribution is -2.38. The van der Waals surface area contributed by atoms with Crippen LogP contribution in [0.4, 0.5) is 4.39 Å². The first-order valence-electron chi connectivity index (χ1n) is 8.93. The van der Waals surface area contributed by atoms with E-state index in [1.165, 1.54) is 6.07 Å². The Balaban J connectivity index is 1.76. The number of ether oxygens (including phenoxy) is 1. The third kappa shape index (κ3) is 7.00. The number of halogens is 1. The van der Waals surface area contributed by atoms with E-state index in [1.54, 1.807) is 29.5 Å². The van der Waals surface area contributed by atoms with Gasteiger partial charge in [0.2, 0.25) is 0 Å². The minimum atomic E-state index is -0.356. The Hall–Kier alpha value is -2.15. The first-order chi connectivity index (χ1) is 12.6. The summed E-state index contributed by atoms with van der Waals surface area (Å²) >= 11 is 1.70. The van der Waals surface area contributed by atoms with Crippen LogP contribution in [0.2, 0.25) is 0 Å². The Bertz CT molecular complexity index is 704. The van der Waals surface area contributed by atoms with Gasteiger partial charge in [0.1, 0.15) is 6.10 Å². The Morgan fingerprint density at radius 2 is 2.15 bits per heavy atom. The maximum Gasteiger partial charge on any atom is 0.191 e. The fourth-order valence-corrected chi connectivity index (χ4v) is 3.14. The largest absolute Gasteiger partial charge is 0.486 e. The minimum Gasteiger partial charge on any atom is -0.486 e. The first kappa shape index (κ1) is 20.2. The Labute approximate surface area is 158 Å². The maximum atomic E-state index is 13.6. The van der Waals surface area contributed by atoms with E-state index in [0.29, 0.717) is 6.54 Å². The molecule has 0 saturated carbocycles. The molecular weight excluding hydrogens is 351 g/mol. The number of hydrogen-bond donors (Lipinski definition) is 2. The molecule has 1 atom stereocenters. The van der Waals surface area contributed by atoms with Crippen molar-refractivity contribution in [2.45, 2.75) is 39.7 Å². The summed E-state index contributed by atoms with van der Waals surface area (Å²) in [4.78, 5) is 8.99. The monoisotopic (exact) mass is 378 g/mol. The highest BCUT2D eigenvalue weighted by Crippen LogP contribution is 2.17. The number of rotatable bonds is 9. The van der Waals surface area contributed by atoms with E-state index in [-0.39, 0.29) is 17.7 Å². The van der Waals surface area contributed by atoms with Gasteiger partial charge in [-0.05, 0) is 39.3 Å². The minimum absolute atomic E-state index is 0.222. The summed E-state index contributed by atoms with van der Waals surface area (Å²) in [6.07, 6.45) is 1.72. The fraction of sp³-hybridized carbons (Fsp3) is 0.474. The maximum absolute atomic E-state index is 13.6. The quantitative estimate of drug-likeness (QED) is 0.398. The van der Waals surface area contributed by atoms with Crippen molar-refractivity contribution in [2.24, 2.45) is 4.99 Å². The third-order valence-corrected chi connectivity index (χ3v) is 4.57. The highest BCUT2D eigenvalue weighted by molar-refractivity contribution is 7.09. The summed E-state index contributed by atoms with van der Waals surface area (Å²) < 4.78 is 19.2. The number of benzene rings is 1. The average Bonchev–Trinajstić information content (AvgIpc) is 3.03. The molecule has 1 heterocycles. The zero-order valence-corrected chi connectivity index (χ0v) is 16.4. The fourth-order valence-electron chi connectivity index (χ4n) is 2.32. The predicted molar refractivity (Wildman–Crippen MR) is 106 cm³/mol. The number of nitrogens with one attached hydrogen (secondary N) is 2. The average molecular weight is 379 g/mol. The van der Waals surface area contributed by atoms with E-state index >= 15 is 0 Å². The second-order valence-electron chi connectivity index (χ2n) is 5.99. The second kappa shape index (κ2) is 10.8. The number of guanidine groups is 1. The summed E-state index contributed by atoms with van der Waals surface area (Å²) in [6.45, 7) is 7.94. The number of aromatic nitrogens is 1. The van der Waals surface area contributed by atoms with E-state index in [4.69, 9.17) is 4.74 Å². The van der Waals surface area contributed by atoms with Crippen molar-refractivity contribution in [3.63, 3.8) is 0 Å². The molecule has 0 radical (unpaired) electrons. The van der Waals surface area contributed by atoms with Crippen LogP contribution in [0, 0.1) is 12.7 Å². The molecule has 0 fully saturated rings. The van der Waals surface area contributed by atoms with Crippen molar-refractivity contribution >= 4 is 17.3 Å². The molecule has 5 nitrogen and oxygen atoms in total. The lowest BCUT2D eigenvalue weighted by molar-refractivity contribution is 0.220. The van der Waals surface area contributed by atoms with Gasteiger partial charge in [0.05, 0.1) is 11.6 Å². The zero-order valence-electron chi connectivity index (χ0n) is 15.6. The van der Waals surface area contributed by atoms with Gasteiger partial charge in [-0.2, -0.15) is 0 Å². The smallest absolute Gasteiger partial charge is 0.191 e. The molecule has 2 rings (SSSR count). The Morgan fingerprint density at radius 1 is 1.35 bits per heavy atom. The van der Waals surface area contributed by atoms with Crippen molar-refractivity contribution < 1.29 is 9.13 Å². The third-order valence-electron chi connectivity index (χ3n) is 3.54. The number of aliphatic imine (C=N–C) groups is 1. The molecule has 0 aliphatic heterocycles. The Kier molecular flexibility index (Phi) is 8.34. The highest BCUT2D eigenvalue weighted by Gasteiger charge is 2.08. The van der Waals surface area contributed by atoms with Crippen molar-refractivity contribution in [1.29, 1.82) is 0 Å². The van der Waals surface area contributed by atoms with Crippen LogP contribution < -0.4 is 15.4 Å². The summed E-state index contributed by atoms with van der Waals surface area (Å²) in [7, 11) is 0. The molecule has 0 saturated heterocycles. The van der Waals surface area contributed by atoms with Crippen LogP contribution in [0.1, 0.15) is 31.0 Å². The normalized spacial score (nSPS) is 12.7. The molecule has 1 aromatic heterocycles. The molecule has 1 unspecified atom stereocenters. The van der Waals surface area contributed by atoms with Crippen LogP contribution in [-0.2, 0) is 6.42 Å². The van der Waals surface area contributed by atoms with Gasteiger partial charge in [-0.25, -0.2) is 14.4 Å². The topological polar surface area (TPSA) is 58.5 Å². The van der Waals surface area contributed by atoms with Gasteiger partial charge < -0.3 is 15.4 Å². The molecule has 7 heteroatoms. The first-order valence-corrected chi connectivity index (χ1v) is 9.80. The number of nitrogens with zero attached hydrogens (tertiary/aromatic N) is 2. The van der Waals surface area contributed by atoms with E-state index in [0.717, 1.165) is 42.6 Å². The van der Waals surface area contributed by atoms with Gasteiger partial charge in [-0.15, -0.1) is 11.3 Å². The van der Waals surface area contributed by atoms with Gasteiger partial charge in [0.15, 0.2) is 17.5 Å². The molecule has 142 valence electrons. The van der Waals surface area contributed by atoms with E-state index in [1.807, 2.05) is 20.8 Å². The van der Waals surface area contributed by atoms with Crippen molar-refractivity contribution in [3.05, 3.63) is 46.2 Å². The zero-order chi connectivity index (χ0) is 18.8. The summed E-state index contributed by atoms with van der Waals surface area (Å²) in [5.41, 5.74) is 1.08. The number of hydrogen-bond acceptors (Lipinski definition) is 4. The van der Waals surface area contributed by atoms with Crippen LogP contribution in [0.5, 0.6) is 5.75 Å². The van der Waals surface area contributed by atoms with Gasteiger partial charge in [0.25, 0.3) is 0 Å². The standard InChI is InChI=1S/C19H27FN4OS/c1-4-21-19(22-11-7-10-18-24-14(2)13-26-18)23-12-15(3)25-17-9-6-5-8-16(17)20/h5-6,8-9,13,15H,4,7,10-12H2,1-3H3,(H2,21,22,23). The summed E-state index contributed by atoms with van der Waals surface area (Å²) in [5.74, 6) is 0.643. The molecule has 26 heavy (non-hydrogen) atoms. The van der Waals surface area contributed by atoms with E-state index < -0.39 is 0 Å². The molecule has 1 aromatic carbocycles. The summed E-state index contributed by atoms with van der Waals surface area (Å²) in [5, 5.41) is 9.77. The van der Waals surface area contributed by atoms with E-state index in [9.17, 15) is 4.39 Å². The second-order valence-corrected chi connectivity index (χ2v) is 6.93. The van der Waals surface area contributed by atoms with Crippen LogP contribution >= 0.6 is 11.3 Å². The van der Waals surface area contributed by atoms with Gasteiger partial charge in [-0.3, -0.25) is 0 Å². The van der Waals surface area contributed by atoms with Crippen molar-refractivity contribution in [2.75, 3.05) is 19.6 Å². The lowest BCUT2D eigenvalue weighted by Gasteiger charge is -2.15. The lowest BCUT2D eigenvalue weighted by atomic mass is 10.3. The van der Waals surface area contributed by atoms with Crippen molar-refractivity contribution in [1.82, 2.24) is 15.6 Å². The molecule has 2 aromatic rings. The van der Waals surface area contributed by atoms with Gasteiger partial charge in [0, 0.05) is 30.6 Å². The molecule has 0 bridgehead atoms. The van der Waals surface area contributed by atoms with E-state index in [2.05, 4.69) is 26.0 Å². The van der Waals surface area contributed by atoms with Crippen LogP contribution in [0.3, 0.4) is 0 Å². The molecular formula is C19H27FN4OS. The predicted octanol–water partition coefficient (Wildman–Crippen LogP) is 3.55. The van der Waals surface area contributed by atoms with Crippen LogP contribution in [-0.4, -0.2) is 36.7 Å². The number of aryl methyl sites for hydroxylation is 2. The number of thiazole rings is 1. The van der Waals surface area contributed by atoms with Crippen LogP contribution in [0.25, 0.3) is 0 Å².